The lowest BCUT2D eigenvalue weighted by Gasteiger charge is -2.34. The van der Waals surface area contributed by atoms with E-state index in [1.165, 1.54) is 53.8 Å². The maximum absolute atomic E-state index is 5.51. The zero-order valence-corrected chi connectivity index (χ0v) is 32.2. The summed E-state index contributed by atoms with van der Waals surface area (Å²) < 4.78 is 2.32. The van der Waals surface area contributed by atoms with E-state index in [1.54, 1.807) is 0 Å². The van der Waals surface area contributed by atoms with Gasteiger partial charge in [0.1, 0.15) is 5.82 Å². The second-order valence-corrected chi connectivity index (χ2v) is 18.7. The molecule has 0 fully saturated rings. The van der Waals surface area contributed by atoms with Gasteiger partial charge >= 0.3 is 0 Å². The molecular formula is C53H37N3Si. The minimum Gasteiger partial charge on any atom is -0.294 e. The quantitative estimate of drug-likeness (QED) is 0.120. The van der Waals surface area contributed by atoms with Crippen molar-refractivity contribution in [2.45, 2.75) is 5.92 Å². The Kier molecular flexibility index (Phi) is 7.90. The van der Waals surface area contributed by atoms with Gasteiger partial charge in [-0.05, 0) is 55.1 Å². The van der Waals surface area contributed by atoms with Crippen molar-refractivity contribution in [3.8, 4) is 28.3 Å². The normalized spacial score (nSPS) is 12.5. The van der Waals surface area contributed by atoms with Gasteiger partial charge in [0.25, 0.3) is 0 Å². The van der Waals surface area contributed by atoms with Crippen molar-refractivity contribution >= 4 is 50.6 Å². The van der Waals surface area contributed by atoms with Crippen LogP contribution in [0.4, 0.5) is 0 Å². The molecule has 0 spiro atoms. The zero-order valence-electron chi connectivity index (χ0n) is 31.2. The van der Waals surface area contributed by atoms with Crippen molar-refractivity contribution < 1.29 is 0 Å². The van der Waals surface area contributed by atoms with Crippen LogP contribution in [0.5, 0.6) is 0 Å². The molecule has 3 nitrogen and oxygen atoms in total. The van der Waals surface area contributed by atoms with Crippen LogP contribution in [0.15, 0.2) is 218 Å². The number of nitrogens with zero attached hydrogens (tertiary/aromatic N) is 3. The number of rotatable bonds is 7. The van der Waals surface area contributed by atoms with E-state index in [2.05, 4.69) is 223 Å². The van der Waals surface area contributed by atoms with Crippen LogP contribution in [0, 0.1) is 0 Å². The van der Waals surface area contributed by atoms with E-state index >= 15 is 0 Å². The van der Waals surface area contributed by atoms with E-state index in [9.17, 15) is 0 Å². The maximum Gasteiger partial charge on any atom is 0.179 e. The molecule has 2 aromatic heterocycles. The predicted molar refractivity (Wildman–Crippen MR) is 238 cm³/mol. The molecule has 1 aliphatic rings. The van der Waals surface area contributed by atoms with Gasteiger partial charge in [-0.25, -0.2) is 9.97 Å². The highest BCUT2D eigenvalue weighted by Crippen LogP contribution is 2.48. The average Bonchev–Trinajstić information content (AvgIpc) is 3.81. The minimum absolute atomic E-state index is 0.0282. The van der Waals surface area contributed by atoms with Gasteiger partial charge in [0.15, 0.2) is 13.9 Å². The summed E-state index contributed by atoms with van der Waals surface area (Å²) >= 11 is 0. The molecule has 1 aliphatic carbocycles. The first-order valence-electron chi connectivity index (χ1n) is 19.6. The van der Waals surface area contributed by atoms with Crippen LogP contribution in [0.25, 0.3) is 50.1 Å². The van der Waals surface area contributed by atoms with E-state index < -0.39 is 8.07 Å². The summed E-state index contributed by atoms with van der Waals surface area (Å²) in [7, 11) is -2.70. The molecule has 0 aliphatic heterocycles. The molecule has 0 radical (unpaired) electrons. The van der Waals surface area contributed by atoms with Crippen LogP contribution < -0.4 is 20.7 Å². The Hall–Kier alpha value is -7.14. The van der Waals surface area contributed by atoms with Gasteiger partial charge < -0.3 is 0 Å². The van der Waals surface area contributed by atoms with Gasteiger partial charge in [-0.3, -0.25) is 4.57 Å². The molecule has 0 saturated heterocycles. The lowest BCUT2D eigenvalue weighted by Crippen LogP contribution is -2.74. The van der Waals surface area contributed by atoms with Crippen molar-refractivity contribution in [1.29, 1.82) is 0 Å². The Bertz CT molecular complexity index is 2870. The standard InChI is InChI=1S/C53H37N3Si/c1-4-18-38(19-5-1)57(39-20-6-2-7-21-39,40-22-8-3-9-23-40)41-34-32-37(33-35-41)53-54-48(52-46-28-12-10-24-42(46)43-25-11-13-29-47(43)52)36-51(55-53)56-49-30-16-14-26-44(49)45-27-15-17-31-50(45)56/h1-36,52H. The van der Waals surface area contributed by atoms with Crippen LogP contribution in [0.2, 0.25) is 0 Å². The van der Waals surface area contributed by atoms with Crippen LogP contribution in [-0.2, 0) is 0 Å². The van der Waals surface area contributed by atoms with Gasteiger partial charge in [0, 0.05) is 22.4 Å². The minimum atomic E-state index is -2.70. The van der Waals surface area contributed by atoms with Crippen molar-refractivity contribution in [3.63, 3.8) is 0 Å². The molecule has 0 saturated carbocycles. The van der Waals surface area contributed by atoms with Crippen LogP contribution in [-0.4, -0.2) is 22.6 Å². The molecule has 57 heavy (non-hydrogen) atoms. The van der Waals surface area contributed by atoms with Gasteiger partial charge in [-0.15, -0.1) is 0 Å². The highest BCUT2D eigenvalue weighted by molar-refractivity contribution is 7.19. The zero-order chi connectivity index (χ0) is 37.8. The van der Waals surface area contributed by atoms with E-state index in [4.69, 9.17) is 9.97 Å². The molecule has 0 N–H and O–H groups in total. The molecule has 4 heteroatoms. The summed E-state index contributed by atoms with van der Waals surface area (Å²) in [4.78, 5) is 11.0. The number of benzene rings is 8. The van der Waals surface area contributed by atoms with Crippen molar-refractivity contribution in [2.75, 3.05) is 0 Å². The Balaban J connectivity index is 1.15. The van der Waals surface area contributed by atoms with Crippen molar-refractivity contribution in [3.05, 3.63) is 235 Å². The first-order chi connectivity index (χ1) is 28.3. The number of para-hydroxylation sites is 2. The fraction of sp³-hybridized carbons (Fsp3) is 0.0189. The monoisotopic (exact) mass is 743 g/mol. The first kappa shape index (κ1) is 33.2. The van der Waals surface area contributed by atoms with Crippen molar-refractivity contribution in [1.82, 2.24) is 14.5 Å². The topological polar surface area (TPSA) is 30.7 Å². The van der Waals surface area contributed by atoms with Crippen LogP contribution in [0.3, 0.4) is 0 Å². The highest BCUT2D eigenvalue weighted by atomic mass is 28.3. The smallest absolute Gasteiger partial charge is 0.179 e. The Morgan fingerprint density at radius 2 is 0.807 bits per heavy atom. The Morgan fingerprint density at radius 1 is 0.386 bits per heavy atom. The number of hydrogen-bond donors (Lipinski definition) is 0. The van der Waals surface area contributed by atoms with Crippen molar-refractivity contribution in [2.24, 2.45) is 0 Å². The molecule has 10 aromatic rings. The van der Waals surface area contributed by atoms with E-state index in [0.29, 0.717) is 5.82 Å². The van der Waals surface area contributed by atoms with E-state index in [0.717, 1.165) is 28.1 Å². The molecule has 2 heterocycles. The average molecular weight is 744 g/mol. The lowest BCUT2D eigenvalue weighted by atomic mass is 9.93. The molecule has 268 valence electrons. The molecule has 0 amide bonds. The summed E-state index contributed by atoms with van der Waals surface area (Å²) in [6, 6.07) is 79.5. The summed E-state index contributed by atoms with van der Waals surface area (Å²) in [6.45, 7) is 0. The third kappa shape index (κ3) is 5.26. The van der Waals surface area contributed by atoms with Gasteiger partial charge in [-0.2, -0.15) is 0 Å². The third-order valence-electron chi connectivity index (χ3n) is 11.9. The largest absolute Gasteiger partial charge is 0.294 e. The van der Waals surface area contributed by atoms with Crippen LogP contribution in [0.1, 0.15) is 22.7 Å². The fourth-order valence-corrected chi connectivity index (χ4v) is 14.2. The lowest BCUT2D eigenvalue weighted by molar-refractivity contribution is 0.913. The predicted octanol–water partition coefficient (Wildman–Crippen LogP) is 9.78. The van der Waals surface area contributed by atoms with E-state index in [-0.39, 0.29) is 5.92 Å². The second-order valence-electron chi connectivity index (χ2n) is 14.9. The number of fused-ring (bicyclic) bond motifs is 6. The van der Waals surface area contributed by atoms with Gasteiger partial charge in [0.05, 0.1) is 22.6 Å². The molecule has 0 bridgehead atoms. The van der Waals surface area contributed by atoms with Gasteiger partial charge in [0.2, 0.25) is 0 Å². The number of hydrogen-bond acceptors (Lipinski definition) is 2. The summed E-state index contributed by atoms with van der Waals surface area (Å²) in [5.41, 5.74) is 9.31. The Labute approximate surface area is 333 Å². The molecular weight excluding hydrogens is 707 g/mol. The Morgan fingerprint density at radius 3 is 1.32 bits per heavy atom. The third-order valence-corrected chi connectivity index (χ3v) is 16.7. The first-order valence-corrected chi connectivity index (χ1v) is 21.6. The summed E-state index contributed by atoms with van der Waals surface area (Å²) in [5.74, 6) is 1.55. The second kappa shape index (κ2) is 13.6. The number of aromatic nitrogens is 3. The highest BCUT2D eigenvalue weighted by Gasteiger charge is 2.41. The fourth-order valence-electron chi connectivity index (χ4n) is 9.42. The maximum atomic E-state index is 5.51. The molecule has 11 rings (SSSR count). The van der Waals surface area contributed by atoms with E-state index in [1.807, 2.05) is 0 Å². The summed E-state index contributed by atoms with van der Waals surface area (Å²) in [5, 5.41) is 7.77. The van der Waals surface area contributed by atoms with Crippen LogP contribution >= 0.6 is 0 Å². The SMILES string of the molecule is c1ccc([Si](c2ccccc2)(c2ccccc2)c2ccc(-c3nc(C4c5ccccc5-c5ccccc54)cc(-n4c5ccccc5c5ccccc54)n3)cc2)cc1. The molecule has 0 unspecified atom stereocenters. The molecule has 8 aromatic carbocycles. The molecule has 0 atom stereocenters. The van der Waals surface area contributed by atoms with Gasteiger partial charge in [-0.1, -0.05) is 200 Å². The summed E-state index contributed by atoms with van der Waals surface area (Å²) in [6.07, 6.45) is 0.